The number of carboxylic acids is 1. The molecule has 0 amide bonds. The lowest BCUT2D eigenvalue weighted by atomic mass is 10.2. The molecule has 2 rings (SSSR count). The Labute approximate surface area is 176 Å². The van der Waals surface area contributed by atoms with Crippen LogP contribution in [0, 0.1) is 6.92 Å². The van der Waals surface area contributed by atoms with E-state index in [4.69, 9.17) is 19.3 Å². The number of benzene rings is 2. The van der Waals surface area contributed by atoms with Crippen LogP contribution < -0.4 is 9.61 Å². The number of phenols is 1. The van der Waals surface area contributed by atoms with Crippen LogP contribution in [0.4, 0.5) is 0 Å². The van der Waals surface area contributed by atoms with E-state index in [0.717, 1.165) is 5.56 Å². The second kappa shape index (κ2) is 11.9. The van der Waals surface area contributed by atoms with Crippen LogP contribution in [0.2, 0.25) is 0 Å². The fourth-order valence-corrected chi connectivity index (χ4v) is 4.41. The second-order valence-electron chi connectivity index (χ2n) is 6.24. The summed E-state index contributed by atoms with van der Waals surface area (Å²) in [6.45, 7) is 7.92. The van der Waals surface area contributed by atoms with Crippen molar-refractivity contribution >= 4 is 25.5 Å². The second-order valence-corrected chi connectivity index (χ2v) is 8.79. The SMILES string of the molecule is CCOP(=O)(NC(C)C)Oc1ccc(SC)c(C)c1.O=C(O)c1ccccc1O. The fourth-order valence-electron chi connectivity index (χ4n) is 2.28. The van der Waals surface area contributed by atoms with Gasteiger partial charge in [-0.1, -0.05) is 12.1 Å². The summed E-state index contributed by atoms with van der Waals surface area (Å²) in [4.78, 5) is 11.4. The Hall–Kier alpha value is -1.99. The molecule has 9 heteroatoms. The zero-order valence-corrected chi connectivity index (χ0v) is 18.9. The van der Waals surface area contributed by atoms with Crippen LogP contribution in [0.25, 0.3) is 0 Å². The molecule has 0 saturated heterocycles. The number of rotatable bonds is 8. The highest BCUT2D eigenvalue weighted by molar-refractivity contribution is 7.98. The number of hydrogen-bond acceptors (Lipinski definition) is 6. The van der Waals surface area contributed by atoms with Crippen molar-refractivity contribution in [3.63, 3.8) is 0 Å². The van der Waals surface area contributed by atoms with Crippen molar-refractivity contribution in [2.75, 3.05) is 12.9 Å². The molecule has 0 heterocycles. The minimum Gasteiger partial charge on any atom is -0.507 e. The number of nitrogens with one attached hydrogen (secondary N) is 1. The maximum atomic E-state index is 12.5. The molecule has 1 atom stereocenters. The quantitative estimate of drug-likeness (QED) is 0.373. The molecule has 7 nitrogen and oxygen atoms in total. The number of hydrogen-bond donors (Lipinski definition) is 3. The molecule has 0 bridgehead atoms. The average molecular weight is 441 g/mol. The molecule has 29 heavy (non-hydrogen) atoms. The number of carbonyl (C=O) groups is 1. The van der Waals surface area contributed by atoms with E-state index in [2.05, 4.69) is 5.09 Å². The lowest BCUT2D eigenvalue weighted by Gasteiger charge is -2.21. The first kappa shape index (κ1) is 25.0. The largest absolute Gasteiger partial charge is 0.507 e. The molecular weight excluding hydrogens is 413 g/mol. The first-order valence-corrected chi connectivity index (χ1v) is 11.8. The van der Waals surface area contributed by atoms with Gasteiger partial charge in [0.15, 0.2) is 0 Å². The normalized spacial score (nSPS) is 12.6. The predicted octanol–water partition coefficient (Wildman–Crippen LogP) is 5.33. The van der Waals surface area contributed by atoms with E-state index < -0.39 is 13.7 Å². The van der Waals surface area contributed by atoms with Crippen LogP contribution in [-0.4, -0.2) is 35.1 Å². The van der Waals surface area contributed by atoms with Gasteiger partial charge in [-0.2, -0.15) is 0 Å². The zero-order chi connectivity index (χ0) is 22.0. The van der Waals surface area contributed by atoms with Crippen molar-refractivity contribution in [2.24, 2.45) is 0 Å². The highest BCUT2D eigenvalue weighted by Crippen LogP contribution is 2.45. The van der Waals surface area contributed by atoms with E-state index in [9.17, 15) is 9.36 Å². The van der Waals surface area contributed by atoms with Crippen LogP contribution in [0.1, 0.15) is 36.7 Å². The van der Waals surface area contributed by atoms with Crippen LogP contribution in [-0.2, 0) is 9.09 Å². The van der Waals surface area contributed by atoms with E-state index >= 15 is 0 Å². The maximum Gasteiger partial charge on any atom is 0.458 e. The van der Waals surface area contributed by atoms with Crippen molar-refractivity contribution in [2.45, 2.75) is 38.6 Å². The molecule has 1 unspecified atom stereocenters. The zero-order valence-electron chi connectivity index (χ0n) is 17.2. The van der Waals surface area contributed by atoms with E-state index in [1.54, 1.807) is 30.8 Å². The fraction of sp³-hybridized carbons (Fsp3) is 0.350. The number of aromatic hydroxyl groups is 1. The molecule has 0 aliphatic carbocycles. The Morgan fingerprint density at radius 1 is 1.24 bits per heavy atom. The Bertz CT molecular complexity index is 859. The molecule has 0 radical (unpaired) electrons. The van der Waals surface area contributed by atoms with Gasteiger partial charge in [0.25, 0.3) is 0 Å². The molecule has 0 saturated carbocycles. The molecule has 0 spiro atoms. The molecule has 2 aromatic carbocycles. The summed E-state index contributed by atoms with van der Waals surface area (Å²) >= 11 is 1.67. The molecule has 3 N–H and O–H groups in total. The minimum absolute atomic E-state index is 0.0175. The van der Waals surface area contributed by atoms with Gasteiger partial charge in [0.1, 0.15) is 17.1 Å². The van der Waals surface area contributed by atoms with Gasteiger partial charge in [-0.05, 0) is 69.8 Å². The summed E-state index contributed by atoms with van der Waals surface area (Å²) in [5.41, 5.74) is 1.03. The standard InChI is InChI=1S/C13H22NO3PS.C7H6O3/c1-6-16-18(15,14-10(2)3)17-12-7-8-13(19-5)11(4)9-12;8-6-4-2-1-3-5(6)7(9)10/h7-10H,6H2,1-5H3,(H,14,15);1-4,8H,(H,9,10). The molecule has 0 fully saturated rings. The van der Waals surface area contributed by atoms with Gasteiger partial charge in [0.05, 0.1) is 6.61 Å². The Kier molecular flexibility index (Phi) is 10.3. The summed E-state index contributed by atoms with van der Waals surface area (Å²) in [5.74, 6) is -0.756. The maximum absolute atomic E-state index is 12.5. The number of aromatic carboxylic acids is 1. The van der Waals surface area contributed by atoms with Gasteiger partial charge >= 0.3 is 13.7 Å². The summed E-state index contributed by atoms with van der Waals surface area (Å²) in [7, 11) is -3.30. The summed E-state index contributed by atoms with van der Waals surface area (Å²) < 4.78 is 23.3. The Balaban J connectivity index is 0.000000352. The summed E-state index contributed by atoms with van der Waals surface area (Å²) in [6, 6.07) is 11.5. The third kappa shape index (κ3) is 8.50. The topological polar surface area (TPSA) is 105 Å². The molecule has 0 aliphatic rings. The van der Waals surface area contributed by atoms with Crippen LogP contribution >= 0.6 is 19.5 Å². The molecule has 160 valence electrons. The third-order valence-electron chi connectivity index (χ3n) is 3.44. The van der Waals surface area contributed by atoms with Crippen molar-refractivity contribution in [1.82, 2.24) is 5.09 Å². The average Bonchev–Trinajstić information content (AvgIpc) is 2.62. The first-order chi connectivity index (χ1) is 13.6. The van der Waals surface area contributed by atoms with Gasteiger partial charge in [-0.25, -0.2) is 14.4 Å². The number of thioether (sulfide) groups is 1. The number of carboxylic acid groups (broad SMARTS) is 1. The van der Waals surface area contributed by atoms with Gasteiger partial charge < -0.3 is 14.7 Å². The molecule has 0 aliphatic heterocycles. The molecule has 2 aromatic rings. The molecule has 0 aromatic heterocycles. The minimum atomic E-state index is -3.30. The van der Waals surface area contributed by atoms with Gasteiger partial charge in [0.2, 0.25) is 0 Å². The van der Waals surface area contributed by atoms with Gasteiger partial charge in [-0.3, -0.25) is 4.52 Å². The van der Waals surface area contributed by atoms with Crippen LogP contribution in [0.5, 0.6) is 11.5 Å². The molecular formula is C20H28NO6PS. The number of para-hydroxylation sites is 1. The van der Waals surface area contributed by atoms with E-state index in [-0.39, 0.29) is 17.4 Å². The van der Waals surface area contributed by atoms with E-state index in [1.165, 1.54) is 17.0 Å². The Morgan fingerprint density at radius 2 is 1.90 bits per heavy atom. The van der Waals surface area contributed by atoms with Crippen LogP contribution in [0.3, 0.4) is 0 Å². The predicted molar refractivity (Wildman–Crippen MR) is 116 cm³/mol. The number of aryl methyl sites for hydroxylation is 1. The van der Waals surface area contributed by atoms with Crippen molar-refractivity contribution in [1.29, 1.82) is 0 Å². The summed E-state index contributed by atoms with van der Waals surface area (Å²) in [6.07, 6.45) is 2.02. The lowest BCUT2D eigenvalue weighted by Crippen LogP contribution is -2.23. The van der Waals surface area contributed by atoms with E-state index in [0.29, 0.717) is 12.4 Å². The van der Waals surface area contributed by atoms with Crippen molar-refractivity contribution in [3.8, 4) is 11.5 Å². The van der Waals surface area contributed by atoms with Crippen molar-refractivity contribution < 1.29 is 28.6 Å². The van der Waals surface area contributed by atoms with E-state index in [1.807, 2.05) is 45.2 Å². The van der Waals surface area contributed by atoms with Gasteiger partial charge in [-0.15, -0.1) is 11.8 Å². The Morgan fingerprint density at radius 3 is 2.34 bits per heavy atom. The highest BCUT2D eigenvalue weighted by Gasteiger charge is 2.26. The van der Waals surface area contributed by atoms with Crippen LogP contribution in [0.15, 0.2) is 47.4 Å². The first-order valence-electron chi connectivity index (χ1n) is 8.99. The third-order valence-corrected chi connectivity index (χ3v) is 6.22. The van der Waals surface area contributed by atoms with Gasteiger partial charge in [0, 0.05) is 10.9 Å². The highest BCUT2D eigenvalue weighted by atomic mass is 32.2. The van der Waals surface area contributed by atoms with Crippen molar-refractivity contribution in [3.05, 3.63) is 53.6 Å². The monoisotopic (exact) mass is 441 g/mol. The summed E-state index contributed by atoms with van der Waals surface area (Å²) in [5, 5.41) is 20.2. The lowest BCUT2D eigenvalue weighted by molar-refractivity contribution is 0.0693. The smallest absolute Gasteiger partial charge is 0.458 e.